The minimum absolute atomic E-state index is 0.664. The van der Waals surface area contributed by atoms with Crippen molar-refractivity contribution in [1.29, 1.82) is 0 Å². The summed E-state index contributed by atoms with van der Waals surface area (Å²) in [5, 5.41) is 3.53. The summed E-state index contributed by atoms with van der Waals surface area (Å²) in [6.07, 6.45) is 2.66. The number of aryl methyl sites for hydroxylation is 1. The summed E-state index contributed by atoms with van der Waals surface area (Å²) in [7, 11) is 0. The highest BCUT2D eigenvalue weighted by Gasteiger charge is 2.22. The monoisotopic (exact) mass is 280 g/mol. The zero-order valence-electron chi connectivity index (χ0n) is 11.9. The molecule has 1 saturated carbocycles. The lowest BCUT2D eigenvalue weighted by Crippen LogP contribution is -2.39. The number of hydrogen-bond donors (Lipinski definition) is 1. The van der Waals surface area contributed by atoms with E-state index in [4.69, 9.17) is 4.42 Å². The second kappa shape index (κ2) is 5.90. The van der Waals surface area contributed by atoms with Gasteiger partial charge in [0.1, 0.15) is 11.5 Å². The third-order valence-electron chi connectivity index (χ3n) is 4.06. The average molecular weight is 280 g/mol. The molecular formula is C15H24N2OS. The van der Waals surface area contributed by atoms with Crippen molar-refractivity contribution in [2.75, 3.05) is 18.1 Å². The lowest BCUT2D eigenvalue weighted by molar-refractivity contribution is 0.204. The van der Waals surface area contributed by atoms with Crippen molar-refractivity contribution in [3.8, 4) is 0 Å². The standard InChI is InChI=1S/C15H24N2OS/c1-11-7-14(9-17-5-6-19-10-12(17)2)18-15(11)8-16-13-3-4-13/h7,12-13,16H,3-6,8-10H2,1-2H3. The number of nitrogens with zero attached hydrogens (tertiary/aromatic N) is 1. The van der Waals surface area contributed by atoms with Gasteiger partial charge in [-0.3, -0.25) is 4.90 Å². The van der Waals surface area contributed by atoms with E-state index in [1.54, 1.807) is 0 Å². The summed E-state index contributed by atoms with van der Waals surface area (Å²) in [5.74, 6) is 4.75. The van der Waals surface area contributed by atoms with Crippen LogP contribution >= 0.6 is 11.8 Å². The average Bonchev–Trinajstić information content (AvgIpc) is 3.15. The van der Waals surface area contributed by atoms with E-state index in [2.05, 4.69) is 41.9 Å². The molecule has 4 heteroatoms. The van der Waals surface area contributed by atoms with Crippen LogP contribution in [0.15, 0.2) is 10.5 Å². The Morgan fingerprint density at radius 1 is 1.47 bits per heavy atom. The Morgan fingerprint density at radius 3 is 3.05 bits per heavy atom. The van der Waals surface area contributed by atoms with Crippen molar-refractivity contribution in [1.82, 2.24) is 10.2 Å². The number of rotatable bonds is 5. The summed E-state index contributed by atoms with van der Waals surface area (Å²) >= 11 is 2.06. The fourth-order valence-electron chi connectivity index (χ4n) is 2.56. The first kappa shape index (κ1) is 13.5. The maximum absolute atomic E-state index is 6.03. The van der Waals surface area contributed by atoms with E-state index in [-0.39, 0.29) is 0 Å². The van der Waals surface area contributed by atoms with Crippen LogP contribution in [0.25, 0.3) is 0 Å². The molecule has 2 aliphatic rings. The molecule has 3 rings (SSSR count). The normalized spacial score (nSPS) is 24.8. The molecule has 1 aromatic rings. The van der Waals surface area contributed by atoms with Gasteiger partial charge in [0.25, 0.3) is 0 Å². The number of nitrogens with one attached hydrogen (secondary N) is 1. The minimum Gasteiger partial charge on any atom is -0.463 e. The fraction of sp³-hybridized carbons (Fsp3) is 0.733. The highest BCUT2D eigenvalue weighted by Crippen LogP contribution is 2.23. The SMILES string of the molecule is Cc1cc(CN2CCSCC2C)oc1CNC1CC1. The molecule has 0 amide bonds. The molecule has 2 heterocycles. The molecule has 0 aromatic carbocycles. The number of hydrogen-bond acceptors (Lipinski definition) is 4. The van der Waals surface area contributed by atoms with Crippen LogP contribution in [0.1, 0.15) is 36.8 Å². The van der Waals surface area contributed by atoms with Gasteiger partial charge in [-0.2, -0.15) is 11.8 Å². The van der Waals surface area contributed by atoms with Gasteiger partial charge >= 0.3 is 0 Å². The van der Waals surface area contributed by atoms with Gasteiger partial charge in [-0.1, -0.05) is 0 Å². The molecule has 1 aliphatic carbocycles. The molecule has 0 bridgehead atoms. The Morgan fingerprint density at radius 2 is 2.32 bits per heavy atom. The predicted octanol–water partition coefficient (Wildman–Crippen LogP) is 2.78. The van der Waals surface area contributed by atoms with Crippen molar-refractivity contribution in [2.24, 2.45) is 0 Å². The fourth-order valence-corrected chi connectivity index (χ4v) is 3.65. The largest absolute Gasteiger partial charge is 0.463 e. The molecule has 0 radical (unpaired) electrons. The van der Waals surface area contributed by atoms with Crippen LogP contribution in [0.3, 0.4) is 0 Å². The maximum Gasteiger partial charge on any atom is 0.120 e. The highest BCUT2D eigenvalue weighted by atomic mass is 32.2. The summed E-state index contributed by atoms with van der Waals surface area (Å²) in [4.78, 5) is 2.53. The van der Waals surface area contributed by atoms with E-state index >= 15 is 0 Å². The molecule has 3 nitrogen and oxygen atoms in total. The van der Waals surface area contributed by atoms with E-state index in [0.29, 0.717) is 6.04 Å². The van der Waals surface area contributed by atoms with Crippen LogP contribution in [-0.2, 0) is 13.1 Å². The van der Waals surface area contributed by atoms with Crippen molar-refractivity contribution in [2.45, 2.75) is 51.9 Å². The van der Waals surface area contributed by atoms with Crippen molar-refractivity contribution >= 4 is 11.8 Å². The van der Waals surface area contributed by atoms with Crippen molar-refractivity contribution < 1.29 is 4.42 Å². The van der Waals surface area contributed by atoms with Crippen LogP contribution in [0.5, 0.6) is 0 Å². The molecule has 1 unspecified atom stereocenters. The molecule has 106 valence electrons. The van der Waals surface area contributed by atoms with Gasteiger partial charge in [-0.05, 0) is 38.3 Å². The van der Waals surface area contributed by atoms with E-state index in [1.165, 1.54) is 36.5 Å². The number of furan rings is 1. The third kappa shape index (κ3) is 3.56. The zero-order chi connectivity index (χ0) is 13.2. The second-order valence-electron chi connectivity index (χ2n) is 5.87. The van der Waals surface area contributed by atoms with E-state index in [9.17, 15) is 0 Å². The first-order valence-electron chi connectivity index (χ1n) is 7.36. The lowest BCUT2D eigenvalue weighted by atomic mass is 10.2. The molecule has 19 heavy (non-hydrogen) atoms. The molecule has 0 spiro atoms. The van der Waals surface area contributed by atoms with Gasteiger partial charge in [-0.25, -0.2) is 0 Å². The molecule has 1 saturated heterocycles. The van der Waals surface area contributed by atoms with Crippen LogP contribution < -0.4 is 5.32 Å². The molecule has 1 atom stereocenters. The molecule has 2 fully saturated rings. The van der Waals surface area contributed by atoms with E-state index in [0.717, 1.165) is 30.7 Å². The Bertz CT molecular complexity index is 428. The Kier molecular flexibility index (Phi) is 4.20. The van der Waals surface area contributed by atoms with Gasteiger partial charge in [0.2, 0.25) is 0 Å². The van der Waals surface area contributed by atoms with E-state index in [1.807, 2.05) is 0 Å². The molecule has 1 aliphatic heterocycles. The van der Waals surface area contributed by atoms with Gasteiger partial charge in [0.05, 0.1) is 13.1 Å². The summed E-state index contributed by atoms with van der Waals surface area (Å²) in [5.41, 5.74) is 1.29. The Labute approximate surface area is 120 Å². The summed E-state index contributed by atoms with van der Waals surface area (Å²) < 4.78 is 6.03. The van der Waals surface area contributed by atoms with E-state index < -0.39 is 0 Å². The topological polar surface area (TPSA) is 28.4 Å². The predicted molar refractivity (Wildman–Crippen MR) is 80.5 cm³/mol. The summed E-state index contributed by atoms with van der Waals surface area (Å²) in [6.45, 7) is 7.51. The van der Waals surface area contributed by atoms with Crippen LogP contribution in [0.4, 0.5) is 0 Å². The lowest BCUT2D eigenvalue weighted by Gasteiger charge is -2.32. The minimum atomic E-state index is 0.664. The zero-order valence-corrected chi connectivity index (χ0v) is 12.8. The molecule has 1 N–H and O–H groups in total. The Hall–Kier alpha value is -0.450. The Balaban J connectivity index is 1.58. The first-order valence-corrected chi connectivity index (χ1v) is 8.51. The smallest absolute Gasteiger partial charge is 0.120 e. The van der Waals surface area contributed by atoms with Gasteiger partial charge < -0.3 is 9.73 Å². The van der Waals surface area contributed by atoms with Gasteiger partial charge in [0.15, 0.2) is 0 Å². The second-order valence-corrected chi connectivity index (χ2v) is 7.02. The quantitative estimate of drug-likeness (QED) is 0.898. The van der Waals surface area contributed by atoms with Crippen LogP contribution in [0, 0.1) is 6.92 Å². The molecular weight excluding hydrogens is 256 g/mol. The van der Waals surface area contributed by atoms with Crippen molar-refractivity contribution in [3.63, 3.8) is 0 Å². The first-order chi connectivity index (χ1) is 9.22. The third-order valence-corrected chi connectivity index (χ3v) is 5.25. The van der Waals surface area contributed by atoms with Gasteiger partial charge in [-0.15, -0.1) is 0 Å². The number of thioether (sulfide) groups is 1. The van der Waals surface area contributed by atoms with Crippen molar-refractivity contribution in [3.05, 3.63) is 23.2 Å². The van der Waals surface area contributed by atoms with Gasteiger partial charge in [0, 0.05) is 30.1 Å². The highest BCUT2D eigenvalue weighted by molar-refractivity contribution is 7.99. The molecule has 1 aromatic heterocycles. The summed E-state index contributed by atoms with van der Waals surface area (Å²) in [6, 6.07) is 3.63. The maximum atomic E-state index is 6.03. The van der Waals surface area contributed by atoms with Crippen LogP contribution in [-0.4, -0.2) is 35.0 Å². The van der Waals surface area contributed by atoms with Crippen LogP contribution in [0.2, 0.25) is 0 Å².